The highest BCUT2D eigenvalue weighted by molar-refractivity contribution is 5.41. The Bertz CT molecular complexity index is 537. The maximum absolute atomic E-state index is 12.4. The molecular formula is C14H18F2N2O3. The molecule has 1 unspecified atom stereocenters. The van der Waals surface area contributed by atoms with Crippen molar-refractivity contribution in [3.05, 3.63) is 23.4 Å². The quantitative estimate of drug-likeness (QED) is 0.873. The van der Waals surface area contributed by atoms with Gasteiger partial charge in [0.05, 0.1) is 24.4 Å². The molecule has 0 saturated carbocycles. The second-order valence-corrected chi connectivity index (χ2v) is 5.89. The highest BCUT2D eigenvalue weighted by Gasteiger charge is 2.49. The number of nitrogens with zero attached hydrogens (tertiary/aromatic N) is 1. The van der Waals surface area contributed by atoms with Gasteiger partial charge in [0.25, 0.3) is 0 Å². The Morgan fingerprint density at radius 1 is 1.48 bits per heavy atom. The van der Waals surface area contributed by atoms with E-state index in [0.717, 1.165) is 5.56 Å². The fourth-order valence-corrected chi connectivity index (χ4v) is 3.00. The third-order valence-corrected chi connectivity index (χ3v) is 4.34. The first-order valence-electron chi connectivity index (χ1n) is 6.90. The summed E-state index contributed by atoms with van der Waals surface area (Å²) in [6.45, 7) is 0.735. The number of nitrogens with one attached hydrogen (secondary N) is 1. The number of fused-ring (bicyclic) bond motifs is 2. The number of aliphatic hydroxyl groups is 1. The number of alkyl halides is 2. The fraction of sp³-hybridized carbons (Fsp3) is 0.643. The predicted octanol–water partition coefficient (Wildman–Crippen LogP) is 1.15. The maximum atomic E-state index is 12.4. The zero-order valence-corrected chi connectivity index (χ0v) is 11.7. The molecular weight excluding hydrogens is 282 g/mol. The first-order valence-corrected chi connectivity index (χ1v) is 6.90. The molecule has 2 N–H and O–H groups in total. The van der Waals surface area contributed by atoms with Crippen LogP contribution < -0.4 is 10.1 Å². The molecule has 1 aromatic rings. The second-order valence-electron chi connectivity index (χ2n) is 5.89. The Labute approximate surface area is 121 Å². The van der Waals surface area contributed by atoms with Crippen LogP contribution in [0.5, 0.6) is 5.88 Å². The molecule has 1 aromatic heterocycles. The monoisotopic (exact) mass is 300 g/mol. The maximum Gasteiger partial charge on any atom is 0.388 e. The van der Waals surface area contributed by atoms with Crippen LogP contribution >= 0.6 is 0 Å². The molecule has 1 atom stereocenters. The van der Waals surface area contributed by atoms with Gasteiger partial charge in [-0.05, 0) is 18.1 Å². The highest BCUT2D eigenvalue weighted by atomic mass is 19.3. The molecule has 116 valence electrons. The minimum atomic E-state index is -2.90. The Morgan fingerprint density at radius 3 is 2.81 bits per heavy atom. The molecule has 2 aliphatic heterocycles. The molecule has 0 aliphatic carbocycles. The van der Waals surface area contributed by atoms with Crippen molar-refractivity contribution in [2.75, 3.05) is 26.4 Å². The Hall–Kier alpha value is -1.31. The van der Waals surface area contributed by atoms with Crippen molar-refractivity contribution in [3.63, 3.8) is 0 Å². The van der Waals surface area contributed by atoms with E-state index in [-0.39, 0.29) is 18.0 Å². The molecule has 3 heterocycles. The average molecular weight is 300 g/mol. The van der Waals surface area contributed by atoms with E-state index in [1.807, 2.05) is 6.92 Å². The van der Waals surface area contributed by atoms with Crippen LogP contribution in [-0.4, -0.2) is 43.1 Å². The van der Waals surface area contributed by atoms with Gasteiger partial charge in [-0.1, -0.05) is 6.92 Å². The van der Waals surface area contributed by atoms with Crippen molar-refractivity contribution in [2.24, 2.45) is 0 Å². The van der Waals surface area contributed by atoms with Crippen LogP contribution in [0.4, 0.5) is 8.78 Å². The number of aliphatic hydroxyl groups excluding tert-OH is 1. The van der Waals surface area contributed by atoms with Crippen molar-refractivity contribution < 1.29 is 23.4 Å². The molecule has 0 bridgehead atoms. The SMILES string of the molecule is CC1(CCO)CNC2(COC2)c2ccc(OC(F)F)nc21. The van der Waals surface area contributed by atoms with Gasteiger partial charge < -0.3 is 19.9 Å². The minimum absolute atomic E-state index is 0.00271. The fourth-order valence-electron chi connectivity index (χ4n) is 3.00. The standard InChI is InChI=1S/C14H18F2N2O3/c1-13(4-5-19)6-17-14(7-20-8-14)9-2-3-10(18-11(9)13)21-12(15)16/h2-3,12,17,19H,4-8H2,1H3. The summed E-state index contributed by atoms with van der Waals surface area (Å²) in [5, 5.41) is 12.8. The van der Waals surface area contributed by atoms with Gasteiger partial charge in [-0.3, -0.25) is 0 Å². The molecule has 0 radical (unpaired) electrons. The summed E-state index contributed by atoms with van der Waals surface area (Å²) >= 11 is 0. The first kappa shape index (κ1) is 14.6. The van der Waals surface area contributed by atoms with E-state index in [0.29, 0.717) is 31.9 Å². The van der Waals surface area contributed by atoms with Gasteiger partial charge in [-0.25, -0.2) is 4.98 Å². The highest BCUT2D eigenvalue weighted by Crippen LogP contribution is 2.42. The van der Waals surface area contributed by atoms with E-state index in [9.17, 15) is 13.9 Å². The summed E-state index contributed by atoms with van der Waals surface area (Å²) < 4.78 is 34.5. The predicted molar refractivity (Wildman–Crippen MR) is 70.4 cm³/mol. The van der Waals surface area contributed by atoms with Crippen LogP contribution in [0, 0.1) is 0 Å². The largest absolute Gasteiger partial charge is 0.417 e. The number of pyridine rings is 1. The smallest absolute Gasteiger partial charge is 0.388 e. The van der Waals surface area contributed by atoms with Gasteiger partial charge in [0.2, 0.25) is 5.88 Å². The van der Waals surface area contributed by atoms with Crippen LogP contribution in [0.2, 0.25) is 0 Å². The van der Waals surface area contributed by atoms with E-state index < -0.39 is 12.0 Å². The van der Waals surface area contributed by atoms with Gasteiger partial charge in [0.15, 0.2) is 0 Å². The van der Waals surface area contributed by atoms with Gasteiger partial charge in [0, 0.05) is 24.6 Å². The number of rotatable bonds is 4. The number of hydrogen-bond donors (Lipinski definition) is 2. The van der Waals surface area contributed by atoms with Crippen molar-refractivity contribution in [2.45, 2.75) is 30.9 Å². The summed E-state index contributed by atoms with van der Waals surface area (Å²) in [4.78, 5) is 4.29. The van der Waals surface area contributed by atoms with Crippen LogP contribution in [0.1, 0.15) is 24.6 Å². The van der Waals surface area contributed by atoms with Gasteiger partial charge in [-0.15, -0.1) is 0 Å². The third kappa shape index (κ3) is 2.39. The van der Waals surface area contributed by atoms with Crippen molar-refractivity contribution in [3.8, 4) is 5.88 Å². The zero-order valence-electron chi connectivity index (χ0n) is 11.7. The molecule has 2 aliphatic rings. The van der Waals surface area contributed by atoms with E-state index in [4.69, 9.17) is 4.74 Å². The number of aromatic nitrogens is 1. The second kappa shape index (κ2) is 5.15. The van der Waals surface area contributed by atoms with Crippen LogP contribution in [0.25, 0.3) is 0 Å². The Morgan fingerprint density at radius 2 is 2.24 bits per heavy atom. The average Bonchev–Trinajstić information content (AvgIpc) is 2.38. The Balaban J connectivity index is 2.04. The van der Waals surface area contributed by atoms with Gasteiger partial charge >= 0.3 is 6.61 Å². The third-order valence-electron chi connectivity index (χ3n) is 4.34. The summed E-state index contributed by atoms with van der Waals surface area (Å²) in [7, 11) is 0. The summed E-state index contributed by atoms with van der Waals surface area (Å²) in [5.74, 6) is -0.0924. The summed E-state index contributed by atoms with van der Waals surface area (Å²) in [6, 6.07) is 3.22. The van der Waals surface area contributed by atoms with Crippen molar-refractivity contribution in [1.29, 1.82) is 0 Å². The summed E-state index contributed by atoms with van der Waals surface area (Å²) in [5.41, 5.74) is 0.932. The van der Waals surface area contributed by atoms with Crippen LogP contribution in [-0.2, 0) is 15.7 Å². The molecule has 21 heavy (non-hydrogen) atoms. The van der Waals surface area contributed by atoms with Crippen molar-refractivity contribution >= 4 is 0 Å². The molecule has 1 spiro atoms. The molecule has 7 heteroatoms. The number of hydrogen-bond acceptors (Lipinski definition) is 5. The molecule has 1 saturated heterocycles. The van der Waals surface area contributed by atoms with E-state index >= 15 is 0 Å². The lowest BCUT2D eigenvalue weighted by Gasteiger charge is -2.50. The molecule has 0 aromatic carbocycles. The van der Waals surface area contributed by atoms with E-state index in [2.05, 4.69) is 15.0 Å². The number of halogens is 2. The number of ether oxygens (including phenoxy) is 2. The van der Waals surface area contributed by atoms with Gasteiger partial charge in [-0.2, -0.15) is 8.78 Å². The van der Waals surface area contributed by atoms with Crippen molar-refractivity contribution in [1.82, 2.24) is 10.3 Å². The van der Waals surface area contributed by atoms with Crippen LogP contribution in [0.3, 0.4) is 0 Å². The first-order chi connectivity index (χ1) is 9.99. The minimum Gasteiger partial charge on any atom is -0.417 e. The molecule has 1 fully saturated rings. The normalized spacial score (nSPS) is 26.5. The lowest BCUT2D eigenvalue weighted by molar-refractivity contribution is -0.0876. The zero-order chi connectivity index (χ0) is 15.1. The molecule has 5 nitrogen and oxygen atoms in total. The van der Waals surface area contributed by atoms with Crippen LogP contribution in [0.15, 0.2) is 12.1 Å². The van der Waals surface area contributed by atoms with E-state index in [1.54, 1.807) is 6.07 Å². The topological polar surface area (TPSA) is 63.6 Å². The Kier molecular flexibility index (Phi) is 3.59. The lowest BCUT2D eigenvalue weighted by atomic mass is 9.71. The van der Waals surface area contributed by atoms with Gasteiger partial charge in [0.1, 0.15) is 0 Å². The lowest BCUT2D eigenvalue weighted by Crippen LogP contribution is -2.64. The molecule has 0 amide bonds. The van der Waals surface area contributed by atoms with E-state index in [1.165, 1.54) is 6.07 Å². The molecule has 3 rings (SSSR count). The summed E-state index contributed by atoms with van der Waals surface area (Å²) in [6.07, 6.45) is 0.495.